The molecule has 0 spiro atoms. The number of nitrogens with one attached hydrogen (secondary N) is 1. The standard InChI is InChI=1S/C13H19F3N2O3/c1-12(2,3)21-11(20)18-6-7-4-8(7)9(18)5-17-10(19)13(14,15)16/h7-9H,4-6H2,1-3H3,(H,17,19). The number of hydrogen-bond donors (Lipinski definition) is 1. The zero-order valence-electron chi connectivity index (χ0n) is 12.2. The Morgan fingerprint density at radius 3 is 2.43 bits per heavy atom. The Morgan fingerprint density at radius 2 is 1.90 bits per heavy atom. The summed E-state index contributed by atoms with van der Waals surface area (Å²) in [4.78, 5) is 24.4. The number of carbonyl (C=O) groups is 2. The number of piperidine rings is 1. The molecule has 2 rings (SSSR count). The van der Waals surface area contributed by atoms with Gasteiger partial charge in [-0.1, -0.05) is 0 Å². The Morgan fingerprint density at radius 1 is 1.29 bits per heavy atom. The topological polar surface area (TPSA) is 58.6 Å². The molecule has 1 saturated carbocycles. The minimum Gasteiger partial charge on any atom is -0.444 e. The van der Waals surface area contributed by atoms with Gasteiger partial charge in [-0.05, 0) is 39.0 Å². The van der Waals surface area contributed by atoms with Gasteiger partial charge in [0.2, 0.25) is 0 Å². The highest BCUT2D eigenvalue weighted by Gasteiger charge is 2.55. The molecule has 1 N–H and O–H groups in total. The lowest BCUT2D eigenvalue weighted by molar-refractivity contribution is -0.173. The predicted molar refractivity (Wildman–Crippen MR) is 67.4 cm³/mol. The van der Waals surface area contributed by atoms with Crippen molar-refractivity contribution in [3.8, 4) is 0 Å². The van der Waals surface area contributed by atoms with Crippen LogP contribution in [0.25, 0.3) is 0 Å². The second-order valence-corrected chi connectivity index (χ2v) is 6.57. The monoisotopic (exact) mass is 308 g/mol. The van der Waals surface area contributed by atoms with Gasteiger partial charge in [-0.25, -0.2) is 4.79 Å². The molecule has 3 atom stereocenters. The van der Waals surface area contributed by atoms with E-state index in [1.807, 2.05) is 5.32 Å². The fourth-order valence-electron chi connectivity index (χ4n) is 2.66. The van der Waals surface area contributed by atoms with Crippen LogP contribution < -0.4 is 5.32 Å². The van der Waals surface area contributed by atoms with Crippen molar-refractivity contribution in [2.24, 2.45) is 11.8 Å². The third-order valence-electron chi connectivity index (χ3n) is 3.66. The fourth-order valence-corrected chi connectivity index (χ4v) is 2.66. The largest absolute Gasteiger partial charge is 0.471 e. The summed E-state index contributed by atoms with van der Waals surface area (Å²) in [7, 11) is 0. The molecule has 3 unspecified atom stereocenters. The summed E-state index contributed by atoms with van der Waals surface area (Å²) in [5.41, 5.74) is -0.663. The number of halogens is 3. The zero-order chi connectivity index (χ0) is 16.0. The minimum atomic E-state index is -4.90. The van der Waals surface area contributed by atoms with Crippen LogP contribution in [-0.2, 0) is 9.53 Å². The molecule has 2 aliphatic rings. The molecule has 2 fully saturated rings. The number of rotatable bonds is 2. The molecule has 0 bridgehead atoms. The van der Waals surface area contributed by atoms with E-state index in [-0.39, 0.29) is 12.5 Å². The maximum absolute atomic E-state index is 12.2. The van der Waals surface area contributed by atoms with Crippen LogP contribution in [0, 0.1) is 11.8 Å². The highest BCUT2D eigenvalue weighted by molar-refractivity contribution is 5.81. The van der Waals surface area contributed by atoms with Gasteiger partial charge in [-0.15, -0.1) is 0 Å². The maximum Gasteiger partial charge on any atom is 0.471 e. The van der Waals surface area contributed by atoms with E-state index in [0.29, 0.717) is 12.5 Å². The van der Waals surface area contributed by atoms with E-state index in [1.54, 1.807) is 20.8 Å². The molecule has 1 heterocycles. The van der Waals surface area contributed by atoms with Crippen molar-refractivity contribution in [1.29, 1.82) is 0 Å². The lowest BCUT2D eigenvalue weighted by Crippen LogP contribution is -2.49. The van der Waals surface area contributed by atoms with E-state index in [1.165, 1.54) is 4.90 Å². The smallest absolute Gasteiger partial charge is 0.444 e. The Labute approximate surface area is 120 Å². The third-order valence-corrected chi connectivity index (χ3v) is 3.66. The summed E-state index contributed by atoms with van der Waals surface area (Å²) in [6, 6.07) is -0.420. The zero-order valence-corrected chi connectivity index (χ0v) is 12.2. The summed E-state index contributed by atoms with van der Waals surface area (Å²) in [6.45, 7) is 5.46. The van der Waals surface area contributed by atoms with Crippen molar-refractivity contribution in [2.45, 2.75) is 45.0 Å². The van der Waals surface area contributed by atoms with Crippen molar-refractivity contribution < 1.29 is 27.5 Å². The van der Waals surface area contributed by atoms with Crippen LogP contribution in [0.5, 0.6) is 0 Å². The van der Waals surface area contributed by atoms with E-state index in [4.69, 9.17) is 4.74 Å². The molecule has 120 valence electrons. The van der Waals surface area contributed by atoms with Gasteiger partial charge in [0, 0.05) is 13.1 Å². The molecule has 1 aliphatic heterocycles. The summed E-state index contributed by atoms with van der Waals surface area (Å²) in [5.74, 6) is -1.51. The highest BCUT2D eigenvalue weighted by atomic mass is 19.4. The molecule has 1 saturated heterocycles. The van der Waals surface area contributed by atoms with Crippen LogP contribution in [0.3, 0.4) is 0 Å². The molecule has 0 radical (unpaired) electrons. The van der Waals surface area contributed by atoms with Gasteiger partial charge in [0.15, 0.2) is 0 Å². The van der Waals surface area contributed by atoms with Crippen molar-refractivity contribution >= 4 is 12.0 Å². The van der Waals surface area contributed by atoms with E-state index < -0.39 is 29.8 Å². The number of alkyl halides is 3. The van der Waals surface area contributed by atoms with Gasteiger partial charge in [0.25, 0.3) is 0 Å². The Balaban J connectivity index is 1.94. The minimum absolute atomic E-state index is 0.158. The normalized spacial score (nSPS) is 28.1. The van der Waals surface area contributed by atoms with Gasteiger partial charge < -0.3 is 15.0 Å². The second kappa shape index (κ2) is 5.06. The quantitative estimate of drug-likeness (QED) is 0.848. The molecular weight excluding hydrogens is 289 g/mol. The Kier molecular flexibility index (Phi) is 3.84. The molecular formula is C13H19F3N2O3. The first-order chi connectivity index (χ1) is 9.49. The molecule has 0 aromatic rings. The van der Waals surface area contributed by atoms with Crippen LogP contribution in [-0.4, -0.2) is 47.8 Å². The summed E-state index contributed by atoms with van der Waals surface area (Å²) < 4.78 is 41.8. The first-order valence-corrected chi connectivity index (χ1v) is 6.83. The molecule has 1 aliphatic carbocycles. The first-order valence-electron chi connectivity index (χ1n) is 6.83. The van der Waals surface area contributed by atoms with Crippen molar-refractivity contribution in [3.05, 3.63) is 0 Å². The summed E-state index contributed by atoms with van der Waals surface area (Å²) in [6.07, 6.45) is -4.56. The SMILES string of the molecule is CC(C)(C)OC(=O)N1CC2CC2C1CNC(=O)C(F)(F)F. The predicted octanol–water partition coefficient (Wildman–Crippen LogP) is 1.92. The van der Waals surface area contributed by atoms with E-state index in [9.17, 15) is 22.8 Å². The number of fused-ring (bicyclic) bond motifs is 1. The van der Waals surface area contributed by atoms with Crippen LogP contribution in [0.15, 0.2) is 0 Å². The molecule has 0 aromatic heterocycles. The average Bonchev–Trinajstić information content (AvgIpc) is 2.96. The number of ether oxygens (including phenoxy) is 1. The molecule has 8 heteroatoms. The number of nitrogens with zero attached hydrogens (tertiary/aromatic N) is 1. The van der Waals surface area contributed by atoms with Gasteiger partial charge >= 0.3 is 18.2 Å². The van der Waals surface area contributed by atoms with Crippen molar-refractivity contribution in [3.63, 3.8) is 0 Å². The lowest BCUT2D eigenvalue weighted by atomic mass is 10.2. The van der Waals surface area contributed by atoms with E-state index in [2.05, 4.69) is 0 Å². The molecule has 5 nitrogen and oxygen atoms in total. The van der Waals surface area contributed by atoms with Crippen LogP contribution >= 0.6 is 0 Å². The molecule has 2 amide bonds. The van der Waals surface area contributed by atoms with Crippen LogP contribution in [0.2, 0.25) is 0 Å². The molecule has 0 aromatic carbocycles. The summed E-state index contributed by atoms with van der Waals surface area (Å²) >= 11 is 0. The third kappa shape index (κ3) is 3.79. The number of amides is 2. The van der Waals surface area contributed by atoms with Crippen molar-refractivity contribution in [1.82, 2.24) is 10.2 Å². The van der Waals surface area contributed by atoms with Gasteiger partial charge in [-0.2, -0.15) is 13.2 Å². The second-order valence-electron chi connectivity index (χ2n) is 6.57. The highest BCUT2D eigenvalue weighted by Crippen LogP contribution is 2.49. The summed E-state index contributed by atoms with van der Waals surface area (Å²) in [5, 5.41) is 1.86. The van der Waals surface area contributed by atoms with Gasteiger partial charge in [0.1, 0.15) is 5.60 Å². The number of likely N-dealkylation sites (tertiary alicyclic amines) is 1. The Hall–Kier alpha value is -1.47. The first kappa shape index (κ1) is 15.9. The number of carbonyl (C=O) groups excluding carboxylic acids is 2. The van der Waals surface area contributed by atoms with Crippen LogP contribution in [0.4, 0.5) is 18.0 Å². The number of hydrogen-bond acceptors (Lipinski definition) is 3. The lowest BCUT2D eigenvalue weighted by Gasteiger charge is -2.30. The maximum atomic E-state index is 12.2. The van der Waals surface area contributed by atoms with Crippen molar-refractivity contribution in [2.75, 3.05) is 13.1 Å². The van der Waals surface area contributed by atoms with Gasteiger partial charge in [0.05, 0.1) is 6.04 Å². The van der Waals surface area contributed by atoms with E-state index >= 15 is 0 Å². The fraction of sp³-hybridized carbons (Fsp3) is 0.846. The van der Waals surface area contributed by atoms with E-state index in [0.717, 1.165) is 6.42 Å². The average molecular weight is 308 g/mol. The molecule has 21 heavy (non-hydrogen) atoms. The van der Waals surface area contributed by atoms with Gasteiger partial charge in [-0.3, -0.25) is 4.79 Å². The Bertz CT molecular complexity index is 445. The van der Waals surface area contributed by atoms with Crippen LogP contribution in [0.1, 0.15) is 27.2 Å².